The number of hydrogen-bond donors (Lipinski definition) is 0. The van der Waals surface area contributed by atoms with E-state index in [-0.39, 0.29) is 6.23 Å². The van der Waals surface area contributed by atoms with Crippen LogP contribution in [0.25, 0.3) is 5.57 Å². The third-order valence-corrected chi connectivity index (χ3v) is 7.01. The van der Waals surface area contributed by atoms with Gasteiger partial charge < -0.3 is 9.47 Å². The van der Waals surface area contributed by atoms with Crippen molar-refractivity contribution in [3.05, 3.63) is 57.8 Å². The van der Waals surface area contributed by atoms with Crippen molar-refractivity contribution in [1.29, 1.82) is 0 Å². The first-order valence-corrected chi connectivity index (χ1v) is 11.8. The Bertz CT molecular complexity index is 1120. The van der Waals surface area contributed by atoms with Gasteiger partial charge in [-0.3, -0.25) is 4.99 Å². The van der Waals surface area contributed by atoms with Gasteiger partial charge in [-0.2, -0.15) is 0 Å². The first-order valence-electron chi connectivity index (χ1n) is 11.8. The van der Waals surface area contributed by atoms with Crippen LogP contribution in [0, 0.1) is 0 Å². The molecule has 2 saturated heterocycles. The number of nitrogens with zero attached hydrogens (tertiary/aromatic N) is 2. The molecule has 3 heterocycles. The molecule has 0 amide bonds. The monoisotopic (exact) mass is 449 g/mol. The van der Waals surface area contributed by atoms with E-state index in [1.807, 2.05) is 26.8 Å². The van der Waals surface area contributed by atoms with Gasteiger partial charge in [-0.1, -0.05) is 24.6 Å². The average molecular weight is 450 g/mol. The second-order valence-corrected chi connectivity index (χ2v) is 9.22. The maximum Gasteiger partial charge on any atom is 0.347 e. The van der Waals surface area contributed by atoms with Gasteiger partial charge in [0, 0.05) is 37.1 Å². The molecule has 1 spiro atoms. The molecule has 33 heavy (non-hydrogen) atoms. The summed E-state index contributed by atoms with van der Waals surface area (Å²) in [7, 11) is 0. The lowest BCUT2D eigenvalue weighted by atomic mass is 9.91. The number of carbonyl (C=O) groups is 2. The van der Waals surface area contributed by atoms with Crippen LogP contribution in [0.5, 0.6) is 0 Å². The third kappa shape index (κ3) is 3.66. The molecule has 0 aliphatic carbocycles. The molecule has 3 aliphatic heterocycles. The van der Waals surface area contributed by atoms with Crippen LogP contribution in [-0.2, 0) is 19.1 Å². The standard InChI is InChI=1S/C27H33N2O4/c1-6-14-28-16-32-22-13-9-10-15-29(22)19(5)24(20-11-7-8-12-21(20)29)18(4)25-23(17(2)3)26(30)33-27(25)31/h7-8,11-12,16,22H,6,9-10,13-15H2,1-5H3/q+1. The molecule has 4 rings (SSSR count). The first-order chi connectivity index (χ1) is 15.8. The summed E-state index contributed by atoms with van der Waals surface area (Å²) < 4.78 is 11.9. The quantitative estimate of drug-likeness (QED) is 0.150. The number of allylic oxidation sites excluding steroid dienone is 4. The number of quaternary nitrogens is 1. The van der Waals surface area contributed by atoms with Crippen LogP contribution in [0.3, 0.4) is 0 Å². The van der Waals surface area contributed by atoms with E-state index in [4.69, 9.17) is 9.47 Å². The van der Waals surface area contributed by atoms with Gasteiger partial charge in [-0.25, -0.2) is 14.1 Å². The summed E-state index contributed by atoms with van der Waals surface area (Å²) >= 11 is 0. The Labute approximate surface area is 195 Å². The maximum absolute atomic E-state index is 12.7. The molecule has 0 aromatic heterocycles. The van der Waals surface area contributed by atoms with Gasteiger partial charge >= 0.3 is 11.9 Å². The number of para-hydroxylation sites is 1. The van der Waals surface area contributed by atoms with E-state index in [2.05, 4.69) is 37.0 Å². The van der Waals surface area contributed by atoms with Crippen molar-refractivity contribution in [2.75, 3.05) is 13.1 Å². The van der Waals surface area contributed by atoms with Crippen molar-refractivity contribution < 1.29 is 19.1 Å². The van der Waals surface area contributed by atoms with Gasteiger partial charge in [0.1, 0.15) is 11.4 Å². The van der Waals surface area contributed by atoms with Crippen LogP contribution in [0.2, 0.25) is 0 Å². The number of fused-ring (bicyclic) bond motifs is 2. The molecule has 6 heteroatoms. The normalized spacial score (nSPS) is 26.3. The Kier molecular flexibility index (Phi) is 6.39. The van der Waals surface area contributed by atoms with E-state index in [1.54, 1.807) is 6.40 Å². The fourth-order valence-electron chi connectivity index (χ4n) is 5.56. The summed E-state index contributed by atoms with van der Waals surface area (Å²) in [6, 6.07) is 8.35. The zero-order valence-corrected chi connectivity index (χ0v) is 20.2. The van der Waals surface area contributed by atoms with E-state index in [0.29, 0.717) is 15.6 Å². The van der Waals surface area contributed by atoms with Crippen LogP contribution in [0.1, 0.15) is 65.9 Å². The molecule has 1 aromatic rings. The lowest BCUT2D eigenvalue weighted by molar-refractivity contribution is -0.149. The molecule has 0 saturated carbocycles. The van der Waals surface area contributed by atoms with E-state index < -0.39 is 11.9 Å². The second-order valence-electron chi connectivity index (χ2n) is 9.22. The number of piperidine rings is 1. The molecule has 0 N–H and O–H groups in total. The molecular weight excluding hydrogens is 416 g/mol. The summed E-state index contributed by atoms with van der Waals surface area (Å²) in [6.45, 7) is 11.5. The molecule has 3 aliphatic rings. The molecule has 174 valence electrons. The highest BCUT2D eigenvalue weighted by Gasteiger charge is 2.52. The predicted molar refractivity (Wildman–Crippen MR) is 130 cm³/mol. The van der Waals surface area contributed by atoms with Gasteiger partial charge in [0.05, 0.1) is 17.7 Å². The highest BCUT2D eigenvalue weighted by molar-refractivity contribution is 6.20. The minimum atomic E-state index is -0.567. The van der Waals surface area contributed by atoms with Crippen LogP contribution < -0.4 is 4.48 Å². The highest BCUT2D eigenvalue weighted by atomic mass is 16.6. The molecule has 1 aromatic carbocycles. The lowest BCUT2D eigenvalue weighted by Gasteiger charge is -2.44. The fraction of sp³-hybridized carbons (Fsp3) is 0.444. The average Bonchev–Trinajstić information content (AvgIpc) is 3.23. The number of carbonyl (C=O) groups excluding carboxylic acids is 2. The molecular formula is C27H33N2O4+. The number of esters is 2. The van der Waals surface area contributed by atoms with E-state index in [0.717, 1.165) is 66.8 Å². The van der Waals surface area contributed by atoms with Gasteiger partial charge in [0.2, 0.25) is 6.23 Å². The van der Waals surface area contributed by atoms with Crippen molar-refractivity contribution >= 4 is 29.6 Å². The smallest absolute Gasteiger partial charge is 0.347 e. The number of benzene rings is 1. The summed E-state index contributed by atoms with van der Waals surface area (Å²) in [4.78, 5) is 29.6. The Hall–Kier alpha value is -2.99. The van der Waals surface area contributed by atoms with E-state index in [9.17, 15) is 9.59 Å². The van der Waals surface area contributed by atoms with E-state index >= 15 is 0 Å². The maximum atomic E-state index is 12.7. The van der Waals surface area contributed by atoms with Crippen LogP contribution in [0.4, 0.5) is 5.69 Å². The molecule has 2 fully saturated rings. The molecule has 0 radical (unpaired) electrons. The highest BCUT2D eigenvalue weighted by Crippen LogP contribution is 2.52. The van der Waals surface area contributed by atoms with Crippen molar-refractivity contribution in [2.45, 2.75) is 66.5 Å². The minimum absolute atomic E-state index is 0.0871. The fourth-order valence-corrected chi connectivity index (χ4v) is 5.56. The van der Waals surface area contributed by atoms with Gasteiger partial charge in [-0.05, 0) is 51.7 Å². The molecule has 0 bridgehead atoms. The molecule has 6 nitrogen and oxygen atoms in total. The zero-order valence-electron chi connectivity index (χ0n) is 20.2. The molecule has 2 unspecified atom stereocenters. The van der Waals surface area contributed by atoms with Gasteiger partial charge in [0.15, 0.2) is 6.40 Å². The summed E-state index contributed by atoms with van der Waals surface area (Å²) in [6.07, 6.45) is 5.61. The number of hydrogen-bond acceptors (Lipinski definition) is 5. The number of cyclic esters (lactones) is 2. The van der Waals surface area contributed by atoms with Crippen molar-refractivity contribution in [1.82, 2.24) is 4.48 Å². The number of rotatable bonds is 5. The summed E-state index contributed by atoms with van der Waals surface area (Å²) in [5.74, 6) is -1.13. The Morgan fingerprint density at radius 2 is 1.88 bits per heavy atom. The van der Waals surface area contributed by atoms with Crippen LogP contribution in [-0.4, -0.2) is 37.7 Å². The van der Waals surface area contributed by atoms with Crippen LogP contribution >= 0.6 is 0 Å². The van der Waals surface area contributed by atoms with E-state index in [1.165, 1.54) is 5.69 Å². The topological polar surface area (TPSA) is 65.0 Å². The summed E-state index contributed by atoms with van der Waals surface area (Å²) in [5, 5.41) is 0. The number of aliphatic imine (C=N–C) groups is 1. The molecule has 2 atom stereocenters. The van der Waals surface area contributed by atoms with Gasteiger partial charge in [0.25, 0.3) is 0 Å². The zero-order chi connectivity index (χ0) is 23.8. The minimum Gasteiger partial charge on any atom is -0.432 e. The predicted octanol–water partition coefficient (Wildman–Crippen LogP) is 5.44. The first kappa shape index (κ1) is 23.2. The second kappa shape index (κ2) is 9.10. The lowest BCUT2D eigenvalue weighted by Crippen LogP contribution is -2.58. The SMILES string of the molecule is CCCN=COC1CCCC[N+]12C(C)=C(C(C)=C1C(=O)OC(=O)C1=C(C)C)c1ccccc12. The van der Waals surface area contributed by atoms with Crippen molar-refractivity contribution in [2.24, 2.45) is 4.99 Å². The van der Waals surface area contributed by atoms with Gasteiger partial charge in [-0.15, -0.1) is 0 Å². The number of ether oxygens (including phenoxy) is 2. The van der Waals surface area contributed by atoms with Crippen molar-refractivity contribution in [3.8, 4) is 0 Å². The van der Waals surface area contributed by atoms with Crippen LogP contribution in [0.15, 0.2) is 57.2 Å². The third-order valence-electron chi connectivity index (χ3n) is 7.01. The Morgan fingerprint density at radius 3 is 2.61 bits per heavy atom. The van der Waals surface area contributed by atoms with Crippen molar-refractivity contribution in [3.63, 3.8) is 0 Å². The largest absolute Gasteiger partial charge is 0.432 e. The Balaban J connectivity index is 1.92. The summed E-state index contributed by atoms with van der Waals surface area (Å²) in [5.41, 5.74) is 6.72. The Morgan fingerprint density at radius 1 is 1.15 bits per heavy atom.